The molecule has 0 saturated heterocycles. The molecule has 3 heteroatoms. The maximum absolute atomic E-state index is 4.76. The predicted octanol–water partition coefficient (Wildman–Crippen LogP) is 4.62. The molecule has 1 atom stereocenters. The highest BCUT2D eigenvalue weighted by atomic mass is 79.9. The van der Waals surface area contributed by atoms with Crippen LogP contribution in [0.15, 0.2) is 22.7 Å². The van der Waals surface area contributed by atoms with Crippen molar-refractivity contribution in [3.63, 3.8) is 0 Å². The first-order valence-electron chi connectivity index (χ1n) is 6.21. The fourth-order valence-corrected chi connectivity index (χ4v) is 3.36. The van der Waals surface area contributed by atoms with Crippen LogP contribution in [0.3, 0.4) is 0 Å². The van der Waals surface area contributed by atoms with E-state index in [9.17, 15) is 0 Å². The summed E-state index contributed by atoms with van der Waals surface area (Å²) in [6.45, 7) is 4.71. The molecule has 0 radical (unpaired) electrons. The molecule has 1 N–H and O–H groups in total. The van der Waals surface area contributed by atoms with Crippen molar-refractivity contribution in [1.29, 1.82) is 0 Å². The number of hydrogen-bond donors (Lipinski definition) is 1. The molecule has 2 nitrogen and oxygen atoms in total. The van der Waals surface area contributed by atoms with Gasteiger partial charge in [-0.05, 0) is 36.5 Å². The summed E-state index contributed by atoms with van der Waals surface area (Å²) in [6, 6.07) is 6.22. The zero-order chi connectivity index (χ0) is 12.0. The van der Waals surface area contributed by atoms with Crippen LogP contribution in [-0.2, 0) is 0 Å². The SMILES string of the molecule is CC1(C)CCCC1c1nc2ccc(Br)cc2[nH]1. The Bertz CT molecular complexity index is 556. The Labute approximate surface area is 110 Å². The quantitative estimate of drug-likeness (QED) is 0.816. The van der Waals surface area contributed by atoms with Gasteiger partial charge in [-0.2, -0.15) is 0 Å². The normalized spacial score (nSPS) is 23.4. The van der Waals surface area contributed by atoms with Gasteiger partial charge in [0.05, 0.1) is 11.0 Å². The molecule has 2 aromatic rings. The third-order valence-corrected chi connectivity index (χ3v) is 4.54. The highest BCUT2D eigenvalue weighted by Crippen LogP contribution is 2.48. The number of benzene rings is 1. The molecular formula is C14H17BrN2. The van der Waals surface area contributed by atoms with Crippen molar-refractivity contribution in [3.05, 3.63) is 28.5 Å². The van der Waals surface area contributed by atoms with Gasteiger partial charge >= 0.3 is 0 Å². The molecule has 1 aromatic carbocycles. The van der Waals surface area contributed by atoms with E-state index in [1.165, 1.54) is 25.1 Å². The van der Waals surface area contributed by atoms with E-state index in [-0.39, 0.29) is 0 Å². The lowest BCUT2D eigenvalue weighted by atomic mass is 9.81. The largest absolute Gasteiger partial charge is 0.342 e. The van der Waals surface area contributed by atoms with Gasteiger partial charge in [-0.1, -0.05) is 36.2 Å². The number of aromatic nitrogens is 2. The van der Waals surface area contributed by atoms with Gasteiger partial charge in [-0.15, -0.1) is 0 Å². The lowest BCUT2D eigenvalue weighted by Crippen LogP contribution is -2.16. The molecule has 0 spiro atoms. The molecule has 1 aliphatic rings. The number of nitrogens with one attached hydrogen (secondary N) is 1. The van der Waals surface area contributed by atoms with Gasteiger partial charge in [0, 0.05) is 10.4 Å². The van der Waals surface area contributed by atoms with Gasteiger partial charge < -0.3 is 4.98 Å². The van der Waals surface area contributed by atoms with E-state index in [0.29, 0.717) is 11.3 Å². The number of nitrogens with zero attached hydrogens (tertiary/aromatic N) is 1. The number of imidazole rings is 1. The fourth-order valence-electron chi connectivity index (χ4n) is 3.00. The van der Waals surface area contributed by atoms with Crippen LogP contribution in [0.5, 0.6) is 0 Å². The van der Waals surface area contributed by atoms with Crippen molar-refractivity contribution in [2.45, 2.75) is 39.0 Å². The van der Waals surface area contributed by atoms with E-state index >= 15 is 0 Å². The molecule has 0 aliphatic heterocycles. The molecule has 1 saturated carbocycles. The summed E-state index contributed by atoms with van der Waals surface area (Å²) in [4.78, 5) is 8.25. The van der Waals surface area contributed by atoms with Gasteiger partial charge in [0.15, 0.2) is 0 Å². The molecule has 3 rings (SSSR count). The molecule has 1 unspecified atom stereocenters. The summed E-state index contributed by atoms with van der Waals surface area (Å²) >= 11 is 3.50. The molecule has 1 aliphatic carbocycles. The van der Waals surface area contributed by atoms with Gasteiger partial charge in [0.2, 0.25) is 0 Å². The van der Waals surface area contributed by atoms with Crippen molar-refractivity contribution in [2.24, 2.45) is 5.41 Å². The molecule has 90 valence electrons. The van der Waals surface area contributed by atoms with Crippen LogP contribution < -0.4 is 0 Å². The molecule has 1 fully saturated rings. The van der Waals surface area contributed by atoms with Crippen LogP contribution in [0.1, 0.15) is 44.9 Å². The monoisotopic (exact) mass is 292 g/mol. The van der Waals surface area contributed by atoms with Crippen molar-refractivity contribution in [3.8, 4) is 0 Å². The fraction of sp³-hybridized carbons (Fsp3) is 0.500. The number of hydrogen-bond acceptors (Lipinski definition) is 1. The summed E-state index contributed by atoms with van der Waals surface area (Å²) in [6.07, 6.45) is 3.88. The lowest BCUT2D eigenvalue weighted by molar-refractivity contribution is 0.324. The maximum atomic E-state index is 4.76. The Hall–Kier alpha value is -0.830. The van der Waals surface area contributed by atoms with E-state index in [2.05, 4.69) is 46.9 Å². The highest BCUT2D eigenvalue weighted by Gasteiger charge is 2.37. The summed E-state index contributed by atoms with van der Waals surface area (Å²) in [5, 5.41) is 0. The van der Waals surface area contributed by atoms with Crippen LogP contribution in [0.2, 0.25) is 0 Å². The number of fused-ring (bicyclic) bond motifs is 1. The van der Waals surface area contributed by atoms with Crippen molar-refractivity contribution >= 4 is 27.0 Å². The Balaban J connectivity index is 2.06. The molecule has 1 heterocycles. The first-order chi connectivity index (χ1) is 8.06. The van der Waals surface area contributed by atoms with Gasteiger partial charge in [-0.3, -0.25) is 0 Å². The Kier molecular flexibility index (Phi) is 2.54. The molecule has 1 aromatic heterocycles. The van der Waals surface area contributed by atoms with Crippen LogP contribution in [0, 0.1) is 5.41 Å². The van der Waals surface area contributed by atoms with Gasteiger partial charge in [0.25, 0.3) is 0 Å². The molecule has 0 bridgehead atoms. The first kappa shape index (κ1) is 11.3. The van der Waals surface area contributed by atoms with Crippen molar-refractivity contribution < 1.29 is 0 Å². The van der Waals surface area contributed by atoms with Crippen LogP contribution in [0.25, 0.3) is 11.0 Å². The summed E-state index contributed by atoms with van der Waals surface area (Å²) < 4.78 is 1.10. The number of rotatable bonds is 1. The average molecular weight is 293 g/mol. The van der Waals surface area contributed by atoms with Crippen LogP contribution in [-0.4, -0.2) is 9.97 Å². The molecular weight excluding hydrogens is 276 g/mol. The first-order valence-corrected chi connectivity index (χ1v) is 7.01. The third-order valence-electron chi connectivity index (χ3n) is 4.05. The number of H-pyrrole nitrogens is 1. The zero-order valence-electron chi connectivity index (χ0n) is 10.3. The second-order valence-corrected chi connectivity index (χ2v) is 6.63. The van der Waals surface area contributed by atoms with Crippen LogP contribution in [0.4, 0.5) is 0 Å². The van der Waals surface area contributed by atoms with E-state index < -0.39 is 0 Å². The summed E-state index contributed by atoms with van der Waals surface area (Å²) in [5.74, 6) is 1.74. The second-order valence-electron chi connectivity index (χ2n) is 5.72. The number of halogens is 1. The van der Waals surface area contributed by atoms with E-state index in [1.54, 1.807) is 0 Å². The third kappa shape index (κ3) is 1.90. The van der Waals surface area contributed by atoms with Crippen molar-refractivity contribution in [2.75, 3.05) is 0 Å². The standard InChI is InChI=1S/C14H17BrN2/c1-14(2)7-3-4-10(14)13-16-11-6-5-9(15)8-12(11)17-13/h5-6,8,10H,3-4,7H2,1-2H3,(H,16,17). The van der Waals surface area contributed by atoms with Gasteiger partial charge in [-0.25, -0.2) is 4.98 Å². The second kappa shape index (κ2) is 3.84. The lowest BCUT2D eigenvalue weighted by Gasteiger charge is -2.24. The summed E-state index contributed by atoms with van der Waals surface area (Å²) in [7, 11) is 0. The minimum Gasteiger partial charge on any atom is -0.342 e. The summed E-state index contributed by atoms with van der Waals surface area (Å²) in [5.41, 5.74) is 2.59. The minimum atomic E-state index is 0.380. The van der Waals surface area contributed by atoms with E-state index in [0.717, 1.165) is 15.5 Å². The minimum absolute atomic E-state index is 0.380. The zero-order valence-corrected chi connectivity index (χ0v) is 11.8. The van der Waals surface area contributed by atoms with E-state index in [4.69, 9.17) is 4.98 Å². The van der Waals surface area contributed by atoms with E-state index in [1.807, 2.05) is 6.07 Å². The Morgan fingerprint density at radius 1 is 1.41 bits per heavy atom. The Morgan fingerprint density at radius 2 is 2.24 bits per heavy atom. The molecule has 17 heavy (non-hydrogen) atoms. The predicted molar refractivity (Wildman–Crippen MR) is 74.2 cm³/mol. The smallest absolute Gasteiger partial charge is 0.110 e. The number of aromatic amines is 1. The Morgan fingerprint density at radius 3 is 2.94 bits per heavy atom. The van der Waals surface area contributed by atoms with Gasteiger partial charge in [0.1, 0.15) is 5.82 Å². The van der Waals surface area contributed by atoms with Crippen molar-refractivity contribution in [1.82, 2.24) is 9.97 Å². The topological polar surface area (TPSA) is 28.7 Å². The maximum Gasteiger partial charge on any atom is 0.110 e. The average Bonchev–Trinajstić information content (AvgIpc) is 2.79. The van der Waals surface area contributed by atoms with Crippen LogP contribution >= 0.6 is 15.9 Å². The highest BCUT2D eigenvalue weighted by molar-refractivity contribution is 9.10. The molecule has 0 amide bonds.